The first-order chi connectivity index (χ1) is 10.1. The van der Waals surface area contributed by atoms with Gasteiger partial charge >= 0.3 is 0 Å². The Bertz CT molecular complexity index is 787. The van der Waals surface area contributed by atoms with E-state index in [1.165, 1.54) is 5.56 Å². The Kier molecular flexibility index (Phi) is 3.10. The van der Waals surface area contributed by atoms with E-state index in [1.807, 2.05) is 13.1 Å². The van der Waals surface area contributed by atoms with Crippen LogP contribution < -0.4 is 11.5 Å². The zero-order valence-corrected chi connectivity index (χ0v) is 12.0. The molecule has 0 aliphatic rings. The van der Waals surface area contributed by atoms with E-state index in [0.29, 0.717) is 17.2 Å². The predicted molar refractivity (Wildman–Crippen MR) is 85.1 cm³/mol. The van der Waals surface area contributed by atoms with Gasteiger partial charge in [0.05, 0.1) is 29.5 Å². The Labute approximate surface area is 123 Å². The molecule has 1 aromatic carbocycles. The molecule has 4 N–H and O–H groups in total. The molecule has 0 atom stereocenters. The van der Waals surface area contributed by atoms with Gasteiger partial charge in [0.2, 0.25) is 0 Å². The van der Waals surface area contributed by atoms with Gasteiger partial charge in [-0.25, -0.2) is 9.67 Å². The minimum atomic E-state index is 0.474. The molecule has 21 heavy (non-hydrogen) atoms. The van der Waals surface area contributed by atoms with Crippen molar-refractivity contribution in [1.29, 1.82) is 0 Å². The van der Waals surface area contributed by atoms with Crippen molar-refractivity contribution < 1.29 is 0 Å². The van der Waals surface area contributed by atoms with Crippen LogP contribution in [-0.2, 0) is 0 Å². The van der Waals surface area contributed by atoms with Crippen LogP contribution in [-0.4, -0.2) is 14.8 Å². The topological polar surface area (TPSA) is 82.8 Å². The number of benzene rings is 1. The molecule has 0 amide bonds. The van der Waals surface area contributed by atoms with Crippen LogP contribution in [0.2, 0.25) is 0 Å². The Balaban J connectivity index is 2.06. The monoisotopic (exact) mass is 279 g/mol. The molecule has 5 nitrogen and oxygen atoms in total. The minimum Gasteiger partial charge on any atom is -0.397 e. The van der Waals surface area contributed by atoms with Crippen molar-refractivity contribution >= 4 is 11.4 Å². The normalized spacial score (nSPS) is 10.8. The van der Waals surface area contributed by atoms with Crippen LogP contribution in [0.5, 0.6) is 0 Å². The highest BCUT2D eigenvalue weighted by molar-refractivity contribution is 5.67. The molecule has 106 valence electrons. The maximum Gasteiger partial charge on any atom is 0.155 e. The van der Waals surface area contributed by atoms with Gasteiger partial charge in [-0.05, 0) is 19.4 Å². The Morgan fingerprint density at radius 3 is 2.33 bits per heavy atom. The summed E-state index contributed by atoms with van der Waals surface area (Å²) in [6.45, 7) is 4.08. The maximum absolute atomic E-state index is 5.84. The highest BCUT2D eigenvalue weighted by atomic mass is 15.3. The molecule has 0 spiro atoms. The lowest BCUT2D eigenvalue weighted by molar-refractivity contribution is 0.819. The van der Waals surface area contributed by atoms with Crippen molar-refractivity contribution in [2.24, 2.45) is 0 Å². The first-order valence-corrected chi connectivity index (χ1v) is 6.69. The van der Waals surface area contributed by atoms with Crippen LogP contribution in [0.1, 0.15) is 11.3 Å². The lowest BCUT2D eigenvalue weighted by atomic mass is 10.1. The quantitative estimate of drug-likeness (QED) is 0.755. The number of anilines is 2. The van der Waals surface area contributed by atoms with Crippen LogP contribution >= 0.6 is 0 Å². The van der Waals surface area contributed by atoms with Crippen LogP contribution in [0.3, 0.4) is 0 Å². The zero-order chi connectivity index (χ0) is 15.0. The molecule has 5 heteroatoms. The number of nitrogen functional groups attached to an aromatic ring is 2. The fourth-order valence-corrected chi connectivity index (χ4v) is 2.24. The SMILES string of the molecule is Cc1ccc(-c2cnn(-c3cc(N)c(N)cn3)c2C)cc1. The van der Waals surface area contributed by atoms with Crippen molar-refractivity contribution in [1.82, 2.24) is 14.8 Å². The molecule has 0 saturated heterocycles. The summed E-state index contributed by atoms with van der Waals surface area (Å²) >= 11 is 0. The Morgan fingerprint density at radius 2 is 1.67 bits per heavy atom. The van der Waals surface area contributed by atoms with Crippen molar-refractivity contribution in [2.75, 3.05) is 11.5 Å². The van der Waals surface area contributed by atoms with E-state index in [1.54, 1.807) is 16.9 Å². The third-order valence-corrected chi connectivity index (χ3v) is 3.54. The van der Waals surface area contributed by atoms with E-state index in [2.05, 4.69) is 41.3 Å². The molecule has 0 fully saturated rings. The van der Waals surface area contributed by atoms with Gasteiger partial charge in [-0.3, -0.25) is 0 Å². The number of aryl methyl sites for hydroxylation is 1. The van der Waals surface area contributed by atoms with Gasteiger partial charge in [0, 0.05) is 11.6 Å². The van der Waals surface area contributed by atoms with E-state index >= 15 is 0 Å². The zero-order valence-electron chi connectivity index (χ0n) is 12.0. The van der Waals surface area contributed by atoms with Crippen LogP contribution in [0.4, 0.5) is 11.4 Å². The molecule has 0 bridgehead atoms. The summed E-state index contributed by atoms with van der Waals surface area (Å²) < 4.78 is 1.77. The fourth-order valence-electron chi connectivity index (χ4n) is 2.24. The fraction of sp³-hybridized carbons (Fsp3) is 0.125. The second-order valence-electron chi connectivity index (χ2n) is 5.09. The molecule has 0 aliphatic heterocycles. The van der Waals surface area contributed by atoms with E-state index < -0.39 is 0 Å². The number of nitrogens with two attached hydrogens (primary N) is 2. The largest absolute Gasteiger partial charge is 0.397 e. The van der Waals surface area contributed by atoms with Crippen molar-refractivity contribution in [2.45, 2.75) is 13.8 Å². The van der Waals surface area contributed by atoms with Gasteiger partial charge < -0.3 is 11.5 Å². The molecular weight excluding hydrogens is 262 g/mol. The van der Waals surface area contributed by atoms with Gasteiger partial charge in [-0.15, -0.1) is 0 Å². The van der Waals surface area contributed by atoms with Crippen LogP contribution in [0.25, 0.3) is 16.9 Å². The number of pyridine rings is 1. The molecule has 0 aliphatic carbocycles. The van der Waals surface area contributed by atoms with Gasteiger partial charge in [-0.1, -0.05) is 29.8 Å². The second-order valence-corrected chi connectivity index (χ2v) is 5.09. The van der Waals surface area contributed by atoms with E-state index in [9.17, 15) is 0 Å². The predicted octanol–water partition coefficient (Wildman–Crippen LogP) is 2.72. The third-order valence-electron chi connectivity index (χ3n) is 3.54. The number of rotatable bonds is 2. The maximum atomic E-state index is 5.84. The molecule has 0 saturated carbocycles. The number of hydrogen-bond acceptors (Lipinski definition) is 4. The molecule has 2 heterocycles. The highest BCUT2D eigenvalue weighted by Gasteiger charge is 2.11. The summed E-state index contributed by atoms with van der Waals surface area (Å²) in [5.41, 5.74) is 17.0. The van der Waals surface area contributed by atoms with E-state index in [-0.39, 0.29) is 0 Å². The number of hydrogen-bond donors (Lipinski definition) is 2. The van der Waals surface area contributed by atoms with Crippen LogP contribution in [0, 0.1) is 13.8 Å². The summed E-state index contributed by atoms with van der Waals surface area (Å²) in [5.74, 6) is 0.664. The highest BCUT2D eigenvalue weighted by Crippen LogP contribution is 2.25. The molecule has 3 rings (SSSR count). The molecule has 0 radical (unpaired) electrons. The van der Waals surface area contributed by atoms with Gasteiger partial charge in [0.1, 0.15) is 0 Å². The standard InChI is InChI=1S/C16H17N5/c1-10-3-5-12(6-4-10)13-8-20-21(11(13)2)16-7-14(17)15(18)9-19-16/h3-9H,18H2,1-2H3,(H2,17,19). The summed E-state index contributed by atoms with van der Waals surface area (Å²) in [5, 5.41) is 4.41. The third kappa shape index (κ3) is 2.33. The summed E-state index contributed by atoms with van der Waals surface area (Å²) in [4.78, 5) is 4.29. The number of nitrogens with zero attached hydrogens (tertiary/aromatic N) is 3. The Morgan fingerprint density at radius 1 is 0.952 bits per heavy atom. The van der Waals surface area contributed by atoms with E-state index in [0.717, 1.165) is 16.8 Å². The van der Waals surface area contributed by atoms with Crippen molar-refractivity contribution in [3.8, 4) is 16.9 Å². The smallest absolute Gasteiger partial charge is 0.155 e. The van der Waals surface area contributed by atoms with Crippen LogP contribution in [0.15, 0.2) is 42.7 Å². The molecule has 2 aromatic heterocycles. The minimum absolute atomic E-state index is 0.474. The first kappa shape index (κ1) is 13.2. The lowest BCUT2D eigenvalue weighted by Crippen LogP contribution is -2.04. The van der Waals surface area contributed by atoms with Crippen molar-refractivity contribution in [3.05, 3.63) is 54.0 Å². The molecular formula is C16H17N5. The molecule has 0 unspecified atom stereocenters. The molecule has 3 aromatic rings. The van der Waals surface area contributed by atoms with Gasteiger partial charge in [0.15, 0.2) is 5.82 Å². The summed E-state index contributed by atoms with van der Waals surface area (Å²) in [7, 11) is 0. The van der Waals surface area contributed by atoms with Gasteiger partial charge in [0.25, 0.3) is 0 Å². The Hall–Kier alpha value is -2.82. The number of aromatic nitrogens is 3. The van der Waals surface area contributed by atoms with E-state index in [4.69, 9.17) is 11.5 Å². The second kappa shape index (κ2) is 4.94. The average molecular weight is 279 g/mol. The van der Waals surface area contributed by atoms with Crippen molar-refractivity contribution in [3.63, 3.8) is 0 Å². The van der Waals surface area contributed by atoms with Gasteiger partial charge in [-0.2, -0.15) is 5.10 Å². The first-order valence-electron chi connectivity index (χ1n) is 6.69. The lowest BCUT2D eigenvalue weighted by Gasteiger charge is -2.07. The summed E-state index contributed by atoms with van der Waals surface area (Å²) in [6.07, 6.45) is 3.39. The summed E-state index contributed by atoms with van der Waals surface area (Å²) in [6, 6.07) is 10.1. The average Bonchev–Trinajstić information content (AvgIpc) is 2.85.